The van der Waals surface area contributed by atoms with Gasteiger partial charge < -0.3 is 9.47 Å². The van der Waals surface area contributed by atoms with Crippen molar-refractivity contribution in [3.8, 4) is 0 Å². The third kappa shape index (κ3) is 2.14. The summed E-state index contributed by atoms with van der Waals surface area (Å²) in [5.41, 5.74) is 3.50. The first-order valence-electron chi connectivity index (χ1n) is 4.71. The number of ether oxygens (including phenoxy) is 2. The van der Waals surface area contributed by atoms with Gasteiger partial charge >= 0.3 is 0 Å². The van der Waals surface area contributed by atoms with E-state index >= 15 is 0 Å². The van der Waals surface area contributed by atoms with E-state index in [1.165, 1.54) is 11.1 Å². The van der Waals surface area contributed by atoms with Gasteiger partial charge in [-0.05, 0) is 20.8 Å². The maximum Gasteiger partial charge on any atom is 0.191 e. The van der Waals surface area contributed by atoms with Crippen LogP contribution in [0.15, 0.2) is 18.2 Å². The minimum absolute atomic E-state index is 0.642. The van der Waals surface area contributed by atoms with Crippen LogP contribution in [0.3, 0.4) is 0 Å². The van der Waals surface area contributed by atoms with Crippen molar-refractivity contribution in [2.75, 3.05) is 14.2 Å². The minimum atomic E-state index is -0.642. The Kier molecular flexibility index (Phi) is 3.29. The van der Waals surface area contributed by atoms with E-state index in [9.17, 15) is 0 Å². The highest BCUT2D eigenvalue weighted by Gasteiger charge is 2.25. The van der Waals surface area contributed by atoms with Gasteiger partial charge in [0.2, 0.25) is 0 Å². The zero-order valence-electron chi connectivity index (χ0n) is 9.55. The molecule has 0 fully saturated rings. The number of rotatable bonds is 3. The van der Waals surface area contributed by atoms with Crippen molar-refractivity contribution in [3.05, 3.63) is 34.9 Å². The second-order valence-electron chi connectivity index (χ2n) is 3.73. The predicted octanol–water partition coefficient (Wildman–Crippen LogP) is 2.77. The lowest BCUT2D eigenvalue weighted by Gasteiger charge is -2.27. The van der Waals surface area contributed by atoms with Crippen molar-refractivity contribution >= 4 is 0 Å². The van der Waals surface area contributed by atoms with Crippen LogP contribution >= 0.6 is 0 Å². The molecule has 0 aliphatic heterocycles. The Hall–Kier alpha value is -0.860. The molecule has 2 heteroatoms. The molecule has 0 bridgehead atoms. The number of hydrogen-bond donors (Lipinski definition) is 0. The van der Waals surface area contributed by atoms with Gasteiger partial charge in [0, 0.05) is 19.8 Å². The van der Waals surface area contributed by atoms with E-state index in [0.29, 0.717) is 0 Å². The summed E-state index contributed by atoms with van der Waals surface area (Å²) in [6.07, 6.45) is 0. The van der Waals surface area contributed by atoms with Crippen LogP contribution in [0.25, 0.3) is 0 Å². The molecule has 0 aliphatic rings. The predicted molar refractivity (Wildman–Crippen MR) is 57.3 cm³/mol. The summed E-state index contributed by atoms with van der Waals surface area (Å²) >= 11 is 0. The van der Waals surface area contributed by atoms with Crippen LogP contribution in [0.1, 0.15) is 23.6 Å². The smallest absolute Gasteiger partial charge is 0.191 e. The molecular formula is C12H18O2. The fourth-order valence-corrected chi connectivity index (χ4v) is 1.56. The summed E-state index contributed by atoms with van der Waals surface area (Å²) in [5, 5.41) is 0. The fraction of sp³-hybridized carbons (Fsp3) is 0.500. The first-order valence-corrected chi connectivity index (χ1v) is 4.71. The van der Waals surface area contributed by atoms with E-state index in [-0.39, 0.29) is 0 Å². The van der Waals surface area contributed by atoms with Gasteiger partial charge in [0.15, 0.2) is 5.79 Å². The van der Waals surface area contributed by atoms with Gasteiger partial charge in [0.1, 0.15) is 0 Å². The Balaban J connectivity index is 3.17. The van der Waals surface area contributed by atoms with Crippen LogP contribution in [0, 0.1) is 13.8 Å². The van der Waals surface area contributed by atoms with E-state index in [4.69, 9.17) is 9.47 Å². The molecule has 0 unspecified atom stereocenters. The quantitative estimate of drug-likeness (QED) is 0.689. The Bertz CT molecular complexity index is 294. The summed E-state index contributed by atoms with van der Waals surface area (Å²) in [6.45, 7) is 6.06. The van der Waals surface area contributed by atoms with E-state index in [1.807, 2.05) is 6.92 Å². The van der Waals surface area contributed by atoms with Gasteiger partial charge in [0.25, 0.3) is 0 Å². The molecule has 0 saturated heterocycles. The molecule has 1 rings (SSSR count). The zero-order valence-corrected chi connectivity index (χ0v) is 9.55. The molecule has 0 amide bonds. The van der Waals surface area contributed by atoms with Crippen molar-refractivity contribution in [2.24, 2.45) is 0 Å². The highest BCUT2D eigenvalue weighted by molar-refractivity contribution is 5.31. The van der Waals surface area contributed by atoms with Crippen LogP contribution < -0.4 is 0 Å². The fourth-order valence-electron chi connectivity index (χ4n) is 1.56. The molecule has 0 heterocycles. The van der Waals surface area contributed by atoms with Gasteiger partial charge in [-0.15, -0.1) is 0 Å². The van der Waals surface area contributed by atoms with E-state index in [0.717, 1.165) is 5.56 Å². The second-order valence-corrected chi connectivity index (χ2v) is 3.73. The molecule has 2 nitrogen and oxygen atoms in total. The van der Waals surface area contributed by atoms with Gasteiger partial charge in [0.05, 0.1) is 0 Å². The molecule has 14 heavy (non-hydrogen) atoms. The lowest BCUT2D eigenvalue weighted by molar-refractivity contribution is -0.201. The molecule has 0 aromatic heterocycles. The normalized spacial score (nSPS) is 11.8. The zero-order chi connectivity index (χ0) is 10.8. The van der Waals surface area contributed by atoms with Crippen LogP contribution in [-0.2, 0) is 15.3 Å². The molecule has 0 atom stereocenters. The van der Waals surface area contributed by atoms with E-state index < -0.39 is 5.79 Å². The molecule has 1 aromatic carbocycles. The van der Waals surface area contributed by atoms with Crippen LogP contribution in [0.5, 0.6) is 0 Å². The standard InChI is InChI=1S/C12H18O2/c1-9-6-10(2)8-11(7-9)12(3,13-4)14-5/h6-8H,1-5H3. The van der Waals surface area contributed by atoms with Gasteiger partial charge in [-0.25, -0.2) is 0 Å². The Morgan fingerprint density at radius 3 is 1.71 bits per heavy atom. The Morgan fingerprint density at radius 1 is 0.929 bits per heavy atom. The molecule has 0 aliphatic carbocycles. The molecule has 0 saturated carbocycles. The molecule has 78 valence electrons. The lowest BCUT2D eigenvalue weighted by atomic mass is 10.0. The van der Waals surface area contributed by atoms with E-state index in [1.54, 1.807) is 14.2 Å². The second kappa shape index (κ2) is 4.11. The molecule has 0 spiro atoms. The van der Waals surface area contributed by atoms with Crippen molar-refractivity contribution in [2.45, 2.75) is 26.6 Å². The summed E-state index contributed by atoms with van der Waals surface area (Å²) in [7, 11) is 3.31. The molecule has 0 radical (unpaired) electrons. The summed E-state index contributed by atoms with van der Waals surface area (Å²) < 4.78 is 10.7. The van der Waals surface area contributed by atoms with Crippen molar-refractivity contribution in [1.29, 1.82) is 0 Å². The topological polar surface area (TPSA) is 18.5 Å². The minimum Gasteiger partial charge on any atom is -0.349 e. The monoisotopic (exact) mass is 194 g/mol. The van der Waals surface area contributed by atoms with Crippen molar-refractivity contribution in [3.63, 3.8) is 0 Å². The summed E-state index contributed by atoms with van der Waals surface area (Å²) in [6, 6.07) is 6.30. The Morgan fingerprint density at radius 2 is 1.36 bits per heavy atom. The van der Waals surface area contributed by atoms with Crippen LogP contribution in [0.4, 0.5) is 0 Å². The third-order valence-corrected chi connectivity index (χ3v) is 2.53. The van der Waals surface area contributed by atoms with Crippen molar-refractivity contribution in [1.82, 2.24) is 0 Å². The van der Waals surface area contributed by atoms with E-state index in [2.05, 4.69) is 32.0 Å². The van der Waals surface area contributed by atoms with Gasteiger partial charge in [-0.3, -0.25) is 0 Å². The number of aryl methyl sites for hydroxylation is 2. The maximum atomic E-state index is 5.36. The highest BCUT2D eigenvalue weighted by atomic mass is 16.7. The van der Waals surface area contributed by atoms with Crippen LogP contribution in [-0.4, -0.2) is 14.2 Å². The first kappa shape index (κ1) is 11.2. The van der Waals surface area contributed by atoms with Gasteiger partial charge in [-0.2, -0.15) is 0 Å². The largest absolute Gasteiger partial charge is 0.349 e. The average molecular weight is 194 g/mol. The molecular weight excluding hydrogens is 176 g/mol. The van der Waals surface area contributed by atoms with Crippen molar-refractivity contribution < 1.29 is 9.47 Å². The third-order valence-electron chi connectivity index (χ3n) is 2.53. The number of benzene rings is 1. The highest BCUT2D eigenvalue weighted by Crippen LogP contribution is 2.26. The number of hydrogen-bond acceptors (Lipinski definition) is 2. The summed E-state index contributed by atoms with van der Waals surface area (Å²) in [5.74, 6) is -0.642. The average Bonchev–Trinajstić information content (AvgIpc) is 2.15. The maximum absolute atomic E-state index is 5.36. The SMILES string of the molecule is COC(C)(OC)c1cc(C)cc(C)c1. The first-order chi connectivity index (χ1) is 6.51. The van der Waals surface area contributed by atoms with Gasteiger partial charge in [-0.1, -0.05) is 29.3 Å². The Labute approximate surface area is 85.8 Å². The van der Waals surface area contributed by atoms with Crippen LogP contribution in [0.2, 0.25) is 0 Å². The molecule has 1 aromatic rings. The molecule has 0 N–H and O–H groups in total. The summed E-state index contributed by atoms with van der Waals surface area (Å²) in [4.78, 5) is 0. The lowest BCUT2D eigenvalue weighted by Crippen LogP contribution is -2.26. The number of methoxy groups -OCH3 is 2.